The molecule has 0 radical (unpaired) electrons. The minimum absolute atomic E-state index is 0.0935. The number of carbonyl (C=O) groups excluding carboxylic acids is 1. The van der Waals surface area contributed by atoms with Crippen molar-refractivity contribution in [3.05, 3.63) is 69.7 Å². The smallest absolute Gasteiger partial charge is 0.261 e. The van der Waals surface area contributed by atoms with E-state index in [-0.39, 0.29) is 22.9 Å². The summed E-state index contributed by atoms with van der Waals surface area (Å²) < 4.78 is 5.80. The van der Waals surface area contributed by atoms with Crippen LogP contribution < -0.4 is 0 Å². The Labute approximate surface area is 157 Å². The van der Waals surface area contributed by atoms with Crippen molar-refractivity contribution < 1.29 is 9.53 Å². The SMILES string of the molecule is CC1=C(c2ccccc2)C(=O)N(C(C)(C)c2cc(Cl)nc(Cl)c2)CO1. The van der Waals surface area contributed by atoms with Gasteiger partial charge >= 0.3 is 0 Å². The van der Waals surface area contributed by atoms with Crippen molar-refractivity contribution in [2.45, 2.75) is 26.3 Å². The molecule has 1 amide bonds. The number of amides is 1. The molecule has 0 bridgehead atoms. The lowest BCUT2D eigenvalue weighted by atomic mass is 9.91. The molecule has 0 N–H and O–H groups in total. The molecule has 1 aliphatic heterocycles. The Morgan fingerprint density at radius 3 is 2.32 bits per heavy atom. The molecule has 130 valence electrons. The first-order chi connectivity index (χ1) is 11.8. The van der Waals surface area contributed by atoms with Crippen molar-refractivity contribution in [1.29, 1.82) is 0 Å². The lowest BCUT2D eigenvalue weighted by Gasteiger charge is -2.41. The molecule has 0 spiro atoms. The monoisotopic (exact) mass is 376 g/mol. The Hall–Kier alpha value is -2.04. The van der Waals surface area contributed by atoms with Gasteiger partial charge in [-0.05, 0) is 44.0 Å². The van der Waals surface area contributed by atoms with E-state index in [9.17, 15) is 4.79 Å². The van der Waals surface area contributed by atoms with Gasteiger partial charge < -0.3 is 4.74 Å². The third-order valence-corrected chi connectivity index (χ3v) is 4.82. The predicted octanol–water partition coefficient (Wildman–Crippen LogP) is 4.87. The Bertz CT molecular complexity index is 828. The fourth-order valence-electron chi connectivity index (χ4n) is 2.90. The number of aromatic nitrogens is 1. The Morgan fingerprint density at radius 2 is 1.72 bits per heavy atom. The van der Waals surface area contributed by atoms with Crippen molar-refractivity contribution in [3.63, 3.8) is 0 Å². The summed E-state index contributed by atoms with van der Waals surface area (Å²) in [5, 5.41) is 0.576. The molecule has 3 rings (SSSR count). The lowest BCUT2D eigenvalue weighted by molar-refractivity contribution is -0.139. The first kappa shape index (κ1) is 17.8. The van der Waals surface area contributed by atoms with Crippen LogP contribution in [0.2, 0.25) is 10.3 Å². The maximum absolute atomic E-state index is 13.2. The molecule has 6 heteroatoms. The molecule has 1 aromatic carbocycles. The van der Waals surface area contributed by atoms with Crippen LogP contribution in [0.4, 0.5) is 0 Å². The van der Waals surface area contributed by atoms with Gasteiger partial charge in [-0.2, -0.15) is 0 Å². The van der Waals surface area contributed by atoms with Crippen molar-refractivity contribution in [2.75, 3.05) is 6.73 Å². The molecule has 0 unspecified atom stereocenters. The summed E-state index contributed by atoms with van der Waals surface area (Å²) in [6.45, 7) is 5.83. The topological polar surface area (TPSA) is 42.4 Å². The van der Waals surface area contributed by atoms with E-state index in [4.69, 9.17) is 27.9 Å². The minimum Gasteiger partial charge on any atom is -0.477 e. The number of nitrogens with zero attached hydrogens (tertiary/aromatic N) is 2. The average molecular weight is 377 g/mol. The van der Waals surface area contributed by atoms with Gasteiger partial charge in [0.2, 0.25) is 0 Å². The number of carbonyl (C=O) groups is 1. The van der Waals surface area contributed by atoms with Crippen LogP contribution >= 0.6 is 23.2 Å². The fraction of sp³-hybridized carbons (Fsp3) is 0.263. The molecule has 0 aliphatic carbocycles. The van der Waals surface area contributed by atoms with E-state index in [2.05, 4.69) is 4.98 Å². The second-order valence-corrected chi connectivity index (χ2v) is 7.14. The average Bonchev–Trinajstić information content (AvgIpc) is 2.54. The second-order valence-electron chi connectivity index (χ2n) is 6.36. The van der Waals surface area contributed by atoms with Gasteiger partial charge in [0.25, 0.3) is 5.91 Å². The highest BCUT2D eigenvalue weighted by Gasteiger charge is 2.38. The second kappa shape index (κ2) is 6.70. The zero-order valence-electron chi connectivity index (χ0n) is 14.2. The van der Waals surface area contributed by atoms with Gasteiger partial charge in [0.05, 0.1) is 11.1 Å². The highest BCUT2D eigenvalue weighted by Crippen LogP contribution is 2.36. The maximum Gasteiger partial charge on any atom is 0.261 e. The first-order valence-corrected chi connectivity index (χ1v) is 8.61. The third-order valence-electron chi connectivity index (χ3n) is 4.43. The summed E-state index contributed by atoms with van der Waals surface area (Å²) in [7, 11) is 0. The van der Waals surface area contributed by atoms with Crippen molar-refractivity contribution in [3.8, 4) is 0 Å². The number of rotatable bonds is 3. The number of pyridine rings is 1. The lowest BCUT2D eigenvalue weighted by Crippen LogP contribution is -2.49. The van der Waals surface area contributed by atoms with Gasteiger partial charge in [0, 0.05) is 0 Å². The van der Waals surface area contributed by atoms with Gasteiger partial charge in [-0.1, -0.05) is 53.5 Å². The minimum atomic E-state index is -0.673. The Morgan fingerprint density at radius 1 is 1.12 bits per heavy atom. The molecule has 4 nitrogen and oxygen atoms in total. The highest BCUT2D eigenvalue weighted by molar-refractivity contribution is 6.32. The first-order valence-electron chi connectivity index (χ1n) is 7.85. The van der Waals surface area contributed by atoms with E-state index < -0.39 is 5.54 Å². The van der Waals surface area contributed by atoms with Gasteiger partial charge in [0.15, 0.2) is 6.73 Å². The van der Waals surface area contributed by atoms with E-state index >= 15 is 0 Å². The number of ether oxygens (including phenoxy) is 1. The molecule has 25 heavy (non-hydrogen) atoms. The van der Waals surface area contributed by atoms with Crippen molar-refractivity contribution in [1.82, 2.24) is 9.88 Å². The number of hydrogen-bond donors (Lipinski definition) is 0. The zero-order chi connectivity index (χ0) is 18.2. The van der Waals surface area contributed by atoms with E-state index in [1.165, 1.54) is 0 Å². The fourth-order valence-corrected chi connectivity index (χ4v) is 3.36. The van der Waals surface area contributed by atoms with E-state index in [1.807, 2.05) is 51.1 Å². The van der Waals surface area contributed by atoms with Crippen LogP contribution in [0.5, 0.6) is 0 Å². The van der Waals surface area contributed by atoms with Gasteiger partial charge in [-0.15, -0.1) is 0 Å². The molecule has 0 saturated heterocycles. The van der Waals surface area contributed by atoms with Crippen molar-refractivity contribution >= 4 is 34.7 Å². The largest absolute Gasteiger partial charge is 0.477 e. The quantitative estimate of drug-likeness (QED) is 0.717. The number of allylic oxidation sites excluding steroid dienone is 1. The normalized spacial score (nSPS) is 15.4. The Kier molecular flexibility index (Phi) is 4.76. The number of hydrogen-bond acceptors (Lipinski definition) is 3. The molecule has 0 atom stereocenters. The maximum atomic E-state index is 13.2. The molecule has 1 aromatic heterocycles. The summed E-state index contributed by atoms with van der Waals surface area (Å²) >= 11 is 12.1. The van der Waals surface area contributed by atoms with Crippen LogP contribution in [-0.2, 0) is 15.1 Å². The summed E-state index contributed by atoms with van der Waals surface area (Å²) in [5.41, 5.74) is 1.51. The van der Waals surface area contributed by atoms with Crippen LogP contribution in [0.1, 0.15) is 31.9 Å². The molecule has 0 fully saturated rings. The summed E-state index contributed by atoms with van der Waals surface area (Å²) in [6.07, 6.45) is 0. The Balaban J connectivity index is 2.02. The molecule has 1 aliphatic rings. The molecular weight excluding hydrogens is 359 g/mol. The predicted molar refractivity (Wildman–Crippen MR) is 99.1 cm³/mol. The van der Waals surface area contributed by atoms with Crippen LogP contribution in [0, 0.1) is 0 Å². The van der Waals surface area contributed by atoms with Crippen LogP contribution in [0.25, 0.3) is 5.57 Å². The third kappa shape index (κ3) is 3.37. The summed E-state index contributed by atoms with van der Waals surface area (Å²) in [4.78, 5) is 18.9. The zero-order valence-corrected chi connectivity index (χ0v) is 15.7. The molecule has 2 aromatic rings. The van der Waals surface area contributed by atoms with Crippen molar-refractivity contribution in [2.24, 2.45) is 0 Å². The molecular formula is C19H18Cl2N2O2. The van der Waals surface area contributed by atoms with Gasteiger partial charge in [-0.3, -0.25) is 9.69 Å². The van der Waals surface area contributed by atoms with Gasteiger partial charge in [0.1, 0.15) is 16.1 Å². The van der Waals surface area contributed by atoms with Gasteiger partial charge in [-0.25, -0.2) is 4.98 Å². The van der Waals surface area contributed by atoms with Crippen LogP contribution in [0.15, 0.2) is 48.2 Å². The van der Waals surface area contributed by atoms with E-state index in [1.54, 1.807) is 17.0 Å². The summed E-state index contributed by atoms with van der Waals surface area (Å²) in [6, 6.07) is 12.9. The van der Waals surface area contributed by atoms with E-state index in [0.29, 0.717) is 11.3 Å². The number of halogens is 2. The highest BCUT2D eigenvalue weighted by atomic mass is 35.5. The van der Waals surface area contributed by atoms with E-state index in [0.717, 1.165) is 11.1 Å². The summed E-state index contributed by atoms with van der Waals surface area (Å²) in [5.74, 6) is 0.526. The number of benzene rings is 1. The van der Waals surface area contributed by atoms with Crippen LogP contribution in [0.3, 0.4) is 0 Å². The van der Waals surface area contributed by atoms with Crippen LogP contribution in [-0.4, -0.2) is 22.5 Å². The standard InChI is InChI=1S/C19H18Cl2N2O2/c1-12-17(13-7-5-4-6-8-13)18(24)23(11-25-12)19(2,3)14-9-15(20)22-16(21)10-14/h4-10H,11H2,1-3H3. The molecule has 0 saturated carbocycles. The molecule has 2 heterocycles.